The van der Waals surface area contributed by atoms with Crippen molar-refractivity contribution in [1.29, 1.82) is 0 Å². The molecule has 0 fully saturated rings. The molecule has 132 valence electrons. The maximum atomic E-state index is 13.6. The maximum absolute atomic E-state index is 13.6. The predicted octanol–water partition coefficient (Wildman–Crippen LogP) is 3.79. The average Bonchev–Trinajstić information content (AvgIpc) is 2.56. The fourth-order valence-electron chi connectivity index (χ4n) is 2.35. The summed E-state index contributed by atoms with van der Waals surface area (Å²) < 4.78 is 39.6. The van der Waals surface area contributed by atoms with Crippen molar-refractivity contribution in [3.05, 3.63) is 59.4 Å². The molecule has 0 unspecified atom stereocenters. The topological polar surface area (TPSA) is 49.4 Å². The highest BCUT2D eigenvalue weighted by atomic mass is 19.2. The number of nitrogens with zero attached hydrogens (tertiary/aromatic N) is 1. The lowest BCUT2D eigenvalue weighted by atomic mass is 10.2. The Hall–Kier alpha value is -2.83. The first-order valence-corrected chi connectivity index (χ1v) is 7.63. The van der Waals surface area contributed by atoms with Crippen molar-refractivity contribution in [3.8, 4) is 0 Å². The number of carbonyl (C=O) groups excluding carboxylic acids is 2. The Morgan fingerprint density at radius 2 is 1.80 bits per heavy atom. The number of nitrogens with one attached hydrogen (secondary N) is 1. The van der Waals surface area contributed by atoms with Crippen LogP contribution in [0.3, 0.4) is 0 Å². The molecule has 2 aromatic rings. The van der Waals surface area contributed by atoms with Crippen LogP contribution in [0.4, 0.5) is 24.5 Å². The van der Waals surface area contributed by atoms with E-state index in [2.05, 4.69) is 5.32 Å². The Balaban J connectivity index is 2.09. The van der Waals surface area contributed by atoms with Crippen molar-refractivity contribution >= 4 is 23.2 Å². The highest BCUT2D eigenvalue weighted by Gasteiger charge is 2.20. The minimum absolute atomic E-state index is 0.342. The third kappa shape index (κ3) is 4.37. The zero-order valence-electron chi connectivity index (χ0n) is 13.8. The average molecular weight is 350 g/mol. The van der Waals surface area contributed by atoms with Gasteiger partial charge in [0.2, 0.25) is 11.8 Å². The molecule has 2 amide bonds. The summed E-state index contributed by atoms with van der Waals surface area (Å²) in [5.41, 5.74) is 1.08. The number of anilines is 2. The standard InChI is InChI=1S/C18H17F3N2O2/c1-3-23(12-6-4-5-11(2)9-12)16(25)10-15(24)22-14-8-7-13(19)17(20)18(14)21/h4-9H,3,10H2,1-2H3,(H,22,24). The van der Waals surface area contributed by atoms with Crippen LogP contribution in [0, 0.1) is 24.4 Å². The molecule has 0 radical (unpaired) electrons. The Bertz CT molecular complexity index is 809. The molecule has 0 spiro atoms. The van der Waals surface area contributed by atoms with Crippen LogP contribution in [0.5, 0.6) is 0 Å². The normalized spacial score (nSPS) is 10.4. The van der Waals surface area contributed by atoms with Gasteiger partial charge >= 0.3 is 0 Å². The molecular weight excluding hydrogens is 333 g/mol. The number of rotatable bonds is 5. The Labute approximate surface area is 143 Å². The first kappa shape index (κ1) is 18.5. The first-order valence-electron chi connectivity index (χ1n) is 7.63. The van der Waals surface area contributed by atoms with Gasteiger partial charge in [0.15, 0.2) is 17.5 Å². The minimum atomic E-state index is -1.68. The molecule has 0 bridgehead atoms. The fraction of sp³-hybridized carbons (Fsp3) is 0.222. The summed E-state index contributed by atoms with van der Waals surface area (Å²) in [6, 6.07) is 8.79. The molecule has 0 aliphatic heterocycles. The van der Waals surface area contributed by atoms with Crippen LogP contribution in [0.15, 0.2) is 36.4 Å². The Morgan fingerprint density at radius 3 is 2.44 bits per heavy atom. The summed E-state index contributed by atoms with van der Waals surface area (Å²) >= 11 is 0. The molecule has 1 N–H and O–H groups in total. The van der Waals surface area contributed by atoms with E-state index in [4.69, 9.17) is 0 Å². The molecule has 0 aromatic heterocycles. The summed E-state index contributed by atoms with van der Waals surface area (Å²) in [7, 11) is 0. The molecule has 2 aromatic carbocycles. The second kappa shape index (κ2) is 7.83. The van der Waals surface area contributed by atoms with Crippen molar-refractivity contribution in [2.45, 2.75) is 20.3 Å². The smallest absolute Gasteiger partial charge is 0.236 e. The lowest BCUT2D eigenvalue weighted by molar-refractivity contribution is -0.125. The second-order valence-electron chi connectivity index (χ2n) is 5.42. The largest absolute Gasteiger partial charge is 0.323 e. The minimum Gasteiger partial charge on any atom is -0.323 e. The summed E-state index contributed by atoms with van der Waals surface area (Å²) in [6.07, 6.45) is -0.555. The molecule has 0 aliphatic carbocycles. The van der Waals surface area contributed by atoms with Crippen LogP contribution < -0.4 is 10.2 Å². The summed E-state index contributed by atoms with van der Waals surface area (Å²) in [5.74, 6) is -5.86. The van der Waals surface area contributed by atoms with E-state index >= 15 is 0 Å². The van der Waals surface area contributed by atoms with Crippen LogP contribution >= 0.6 is 0 Å². The second-order valence-corrected chi connectivity index (χ2v) is 5.42. The van der Waals surface area contributed by atoms with Crippen molar-refractivity contribution in [2.24, 2.45) is 0 Å². The SMILES string of the molecule is CCN(C(=O)CC(=O)Nc1ccc(F)c(F)c1F)c1cccc(C)c1. The molecular formula is C18H17F3N2O2. The van der Waals surface area contributed by atoms with Crippen molar-refractivity contribution in [3.63, 3.8) is 0 Å². The first-order chi connectivity index (χ1) is 11.8. The third-order valence-electron chi connectivity index (χ3n) is 3.55. The molecule has 7 heteroatoms. The summed E-state index contributed by atoms with van der Waals surface area (Å²) in [6.45, 7) is 3.97. The summed E-state index contributed by atoms with van der Waals surface area (Å²) in [5, 5.41) is 2.08. The maximum Gasteiger partial charge on any atom is 0.236 e. The molecule has 4 nitrogen and oxygen atoms in total. The van der Waals surface area contributed by atoms with Gasteiger partial charge in [-0.2, -0.15) is 0 Å². The third-order valence-corrected chi connectivity index (χ3v) is 3.55. The van der Waals surface area contributed by atoms with Crippen LogP contribution in [0.1, 0.15) is 18.9 Å². The number of amides is 2. The molecule has 0 saturated heterocycles. The monoisotopic (exact) mass is 350 g/mol. The van der Waals surface area contributed by atoms with Gasteiger partial charge in [0.25, 0.3) is 0 Å². The quantitative estimate of drug-likeness (QED) is 0.659. The lowest BCUT2D eigenvalue weighted by Crippen LogP contribution is -2.33. The van der Waals surface area contributed by atoms with Crippen LogP contribution in [-0.4, -0.2) is 18.4 Å². The van der Waals surface area contributed by atoms with E-state index < -0.39 is 41.4 Å². The molecule has 0 aliphatic rings. The van der Waals surface area contributed by atoms with Gasteiger partial charge in [-0.25, -0.2) is 13.2 Å². The highest BCUT2D eigenvalue weighted by Crippen LogP contribution is 2.20. The number of carbonyl (C=O) groups is 2. The number of aryl methyl sites for hydroxylation is 1. The molecule has 0 heterocycles. The number of hydrogen-bond donors (Lipinski definition) is 1. The Morgan fingerprint density at radius 1 is 1.08 bits per heavy atom. The van der Waals surface area contributed by atoms with Crippen molar-refractivity contribution < 1.29 is 22.8 Å². The van der Waals surface area contributed by atoms with Gasteiger partial charge in [-0.15, -0.1) is 0 Å². The van der Waals surface area contributed by atoms with E-state index in [-0.39, 0.29) is 0 Å². The molecule has 2 rings (SSSR count). The van der Waals surface area contributed by atoms with E-state index in [9.17, 15) is 22.8 Å². The van der Waals surface area contributed by atoms with Gasteiger partial charge in [-0.05, 0) is 43.7 Å². The highest BCUT2D eigenvalue weighted by molar-refractivity contribution is 6.09. The number of hydrogen-bond acceptors (Lipinski definition) is 2. The molecule has 0 atom stereocenters. The van der Waals surface area contributed by atoms with Crippen LogP contribution in [0.25, 0.3) is 0 Å². The van der Waals surface area contributed by atoms with Crippen LogP contribution in [-0.2, 0) is 9.59 Å². The predicted molar refractivity (Wildman–Crippen MR) is 88.8 cm³/mol. The van der Waals surface area contributed by atoms with Crippen molar-refractivity contribution in [1.82, 2.24) is 0 Å². The van der Waals surface area contributed by atoms with E-state index in [1.807, 2.05) is 13.0 Å². The van der Waals surface area contributed by atoms with E-state index in [1.165, 1.54) is 4.90 Å². The van der Waals surface area contributed by atoms with Gasteiger partial charge in [0.1, 0.15) is 6.42 Å². The van der Waals surface area contributed by atoms with Gasteiger partial charge in [-0.1, -0.05) is 12.1 Å². The van der Waals surface area contributed by atoms with E-state index in [1.54, 1.807) is 25.1 Å². The van der Waals surface area contributed by atoms with Gasteiger partial charge in [0, 0.05) is 12.2 Å². The van der Waals surface area contributed by atoms with E-state index in [0.29, 0.717) is 18.3 Å². The molecule has 25 heavy (non-hydrogen) atoms. The number of benzene rings is 2. The lowest BCUT2D eigenvalue weighted by Gasteiger charge is -2.21. The summed E-state index contributed by atoms with van der Waals surface area (Å²) in [4.78, 5) is 25.7. The Kier molecular flexibility index (Phi) is 5.80. The fourth-order valence-corrected chi connectivity index (χ4v) is 2.35. The van der Waals surface area contributed by atoms with Crippen molar-refractivity contribution in [2.75, 3.05) is 16.8 Å². The van der Waals surface area contributed by atoms with Gasteiger partial charge in [0.05, 0.1) is 5.69 Å². The zero-order chi connectivity index (χ0) is 18.6. The zero-order valence-corrected chi connectivity index (χ0v) is 13.8. The molecule has 0 saturated carbocycles. The van der Waals surface area contributed by atoms with Gasteiger partial charge in [-0.3, -0.25) is 9.59 Å². The van der Waals surface area contributed by atoms with E-state index in [0.717, 1.165) is 11.6 Å². The van der Waals surface area contributed by atoms with Crippen LogP contribution in [0.2, 0.25) is 0 Å². The van der Waals surface area contributed by atoms with Gasteiger partial charge < -0.3 is 10.2 Å². The number of halogens is 3.